The van der Waals surface area contributed by atoms with Gasteiger partial charge in [-0.3, -0.25) is 0 Å². The molecule has 10 heteroatoms. The van der Waals surface area contributed by atoms with E-state index in [1.165, 1.54) is 6.07 Å². The van der Waals surface area contributed by atoms with Crippen LogP contribution in [0.4, 0.5) is 9.59 Å². The van der Waals surface area contributed by atoms with Crippen molar-refractivity contribution >= 4 is 29.1 Å². The van der Waals surface area contributed by atoms with Crippen LogP contribution in [0.25, 0.3) is 11.0 Å². The number of benzene rings is 1. The highest BCUT2D eigenvalue weighted by Gasteiger charge is 2.45. The molecule has 0 radical (unpaired) electrons. The van der Waals surface area contributed by atoms with Crippen molar-refractivity contribution in [1.29, 1.82) is 0 Å². The molecule has 3 amide bonds. The van der Waals surface area contributed by atoms with Gasteiger partial charge in [-0.15, -0.1) is 0 Å². The van der Waals surface area contributed by atoms with Gasteiger partial charge in [0.2, 0.25) is 0 Å². The number of carbonyl (C=O) groups is 3. The fourth-order valence-corrected chi connectivity index (χ4v) is 2.71. The van der Waals surface area contributed by atoms with Crippen LogP contribution in [0.5, 0.6) is 0 Å². The Hall–Kier alpha value is -3.43. The van der Waals surface area contributed by atoms with Crippen molar-refractivity contribution in [2.75, 3.05) is 6.61 Å². The van der Waals surface area contributed by atoms with Gasteiger partial charge in [-0.25, -0.2) is 23.9 Å². The smallest absolute Gasteiger partial charge is 0.416 e. The molecule has 1 aromatic carbocycles. The van der Waals surface area contributed by atoms with Crippen molar-refractivity contribution in [3.63, 3.8) is 0 Å². The summed E-state index contributed by atoms with van der Waals surface area (Å²) in [4.78, 5) is 36.1. The zero-order valence-electron chi connectivity index (χ0n) is 11.3. The van der Waals surface area contributed by atoms with E-state index in [0.29, 0.717) is 21.5 Å². The standard InChI is InChI=1S/C13H8N4O6/c18-11-9-8(4-22-11)14-12(19)17(13(20)21)10(9)5-1-2-6-7(3-5)16-23-15-6/h1-3,10H,4H2,(H,14,19)(H,20,21). The second kappa shape index (κ2) is 4.53. The molecule has 0 saturated heterocycles. The van der Waals surface area contributed by atoms with Crippen LogP contribution < -0.4 is 5.32 Å². The highest BCUT2D eigenvalue weighted by atomic mass is 16.6. The molecule has 0 spiro atoms. The summed E-state index contributed by atoms with van der Waals surface area (Å²) in [6, 6.07) is 2.67. The van der Waals surface area contributed by atoms with Crippen molar-refractivity contribution in [1.82, 2.24) is 20.5 Å². The van der Waals surface area contributed by atoms with Gasteiger partial charge >= 0.3 is 18.1 Å². The maximum Gasteiger partial charge on any atom is 0.416 e. The third-order valence-corrected chi connectivity index (χ3v) is 3.70. The summed E-state index contributed by atoms with van der Waals surface area (Å²) < 4.78 is 9.50. The van der Waals surface area contributed by atoms with Gasteiger partial charge in [0.05, 0.1) is 11.3 Å². The maximum absolute atomic E-state index is 12.1. The first-order valence-electron chi connectivity index (χ1n) is 6.52. The highest BCUT2D eigenvalue weighted by Crippen LogP contribution is 2.37. The first-order valence-corrected chi connectivity index (χ1v) is 6.52. The van der Waals surface area contributed by atoms with Crippen LogP contribution in [-0.2, 0) is 9.53 Å². The molecule has 23 heavy (non-hydrogen) atoms. The molecule has 0 aliphatic carbocycles. The molecule has 2 N–H and O–H groups in total. The molecule has 4 rings (SSSR count). The second-order valence-corrected chi connectivity index (χ2v) is 4.97. The molecular formula is C13H8N4O6. The van der Waals surface area contributed by atoms with Crippen LogP contribution in [0.2, 0.25) is 0 Å². The van der Waals surface area contributed by atoms with E-state index in [2.05, 4.69) is 20.3 Å². The minimum atomic E-state index is -1.49. The number of amides is 3. The molecule has 3 heterocycles. The molecule has 116 valence electrons. The molecule has 1 atom stereocenters. The van der Waals surface area contributed by atoms with Gasteiger partial charge in [0.25, 0.3) is 0 Å². The summed E-state index contributed by atoms with van der Waals surface area (Å²) in [5, 5.41) is 19.1. The van der Waals surface area contributed by atoms with Crippen LogP contribution in [0.15, 0.2) is 34.1 Å². The van der Waals surface area contributed by atoms with Gasteiger partial charge in [0, 0.05) is 0 Å². The number of carboxylic acid groups (broad SMARTS) is 1. The van der Waals surface area contributed by atoms with Crippen LogP contribution in [-0.4, -0.2) is 45.0 Å². The minimum Gasteiger partial charge on any atom is -0.465 e. The lowest BCUT2D eigenvalue weighted by molar-refractivity contribution is -0.136. The number of fused-ring (bicyclic) bond motifs is 1. The SMILES string of the molecule is O=C1OCC2=C1C(c1ccc3nonc3c1)N(C(=O)O)C(=O)N2. The van der Waals surface area contributed by atoms with Crippen molar-refractivity contribution in [3.8, 4) is 0 Å². The number of esters is 1. The van der Waals surface area contributed by atoms with Gasteiger partial charge in [-0.2, -0.15) is 0 Å². The number of hydrogen-bond donors (Lipinski definition) is 2. The van der Waals surface area contributed by atoms with Crippen molar-refractivity contribution in [3.05, 3.63) is 35.0 Å². The van der Waals surface area contributed by atoms with E-state index in [1.807, 2.05) is 0 Å². The van der Waals surface area contributed by atoms with E-state index in [9.17, 15) is 19.5 Å². The van der Waals surface area contributed by atoms with E-state index < -0.39 is 24.1 Å². The zero-order valence-corrected chi connectivity index (χ0v) is 11.3. The Morgan fingerprint density at radius 2 is 2.09 bits per heavy atom. The van der Waals surface area contributed by atoms with E-state index in [4.69, 9.17) is 4.74 Å². The predicted molar refractivity (Wildman–Crippen MR) is 70.9 cm³/mol. The third-order valence-electron chi connectivity index (χ3n) is 3.70. The summed E-state index contributed by atoms with van der Waals surface area (Å²) >= 11 is 0. The Balaban J connectivity index is 1.92. The molecule has 0 fully saturated rings. The number of nitrogens with zero attached hydrogens (tertiary/aromatic N) is 3. The van der Waals surface area contributed by atoms with Crippen molar-refractivity contribution in [2.24, 2.45) is 0 Å². The van der Waals surface area contributed by atoms with Gasteiger partial charge < -0.3 is 15.2 Å². The molecule has 0 bridgehead atoms. The lowest BCUT2D eigenvalue weighted by Crippen LogP contribution is -2.50. The summed E-state index contributed by atoms with van der Waals surface area (Å²) in [7, 11) is 0. The average Bonchev–Trinajstić information content (AvgIpc) is 3.11. The lowest BCUT2D eigenvalue weighted by Gasteiger charge is -2.32. The number of aromatic nitrogens is 2. The van der Waals surface area contributed by atoms with Gasteiger partial charge in [-0.1, -0.05) is 6.07 Å². The first kappa shape index (κ1) is 13.2. The lowest BCUT2D eigenvalue weighted by atomic mass is 9.94. The molecule has 1 unspecified atom stereocenters. The largest absolute Gasteiger partial charge is 0.465 e. The highest BCUT2D eigenvalue weighted by molar-refractivity contribution is 6.01. The monoisotopic (exact) mass is 316 g/mol. The number of carbonyl (C=O) groups excluding carboxylic acids is 2. The maximum atomic E-state index is 12.1. The van der Waals surface area contributed by atoms with Gasteiger partial charge in [-0.05, 0) is 28.0 Å². The van der Waals surface area contributed by atoms with E-state index >= 15 is 0 Å². The molecule has 1 aromatic heterocycles. The number of imide groups is 1. The Bertz CT molecular complexity index is 901. The van der Waals surface area contributed by atoms with Gasteiger partial charge in [0.15, 0.2) is 0 Å². The van der Waals surface area contributed by atoms with Crippen molar-refractivity contribution < 1.29 is 28.9 Å². The van der Waals surface area contributed by atoms with Crippen LogP contribution >= 0.6 is 0 Å². The fourth-order valence-electron chi connectivity index (χ4n) is 2.71. The predicted octanol–water partition coefficient (Wildman–Crippen LogP) is 0.778. The Morgan fingerprint density at radius 1 is 1.30 bits per heavy atom. The summed E-state index contributed by atoms with van der Waals surface area (Å²) in [6.07, 6.45) is -1.49. The second-order valence-electron chi connectivity index (χ2n) is 4.97. The Kier molecular flexibility index (Phi) is 2.61. The molecule has 2 aliphatic rings. The topological polar surface area (TPSA) is 135 Å². The number of cyclic esters (lactones) is 1. The molecule has 2 aromatic rings. The van der Waals surface area contributed by atoms with Crippen molar-refractivity contribution in [2.45, 2.75) is 6.04 Å². The number of urea groups is 1. The Labute approximate surface area is 127 Å². The minimum absolute atomic E-state index is 0.0859. The molecule has 10 nitrogen and oxygen atoms in total. The number of ether oxygens (including phenoxy) is 1. The summed E-state index contributed by atoms with van der Waals surface area (Å²) in [6.45, 7) is -0.0996. The molecular weight excluding hydrogens is 308 g/mol. The summed E-state index contributed by atoms with van der Waals surface area (Å²) in [5.74, 6) is -0.672. The average molecular weight is 316 g/mol. The van der Waals surface area contributed by atoms with Crippen LogP contribution in [0.3, 0.4) is 0 Å². The number of rotatable bonds is 1. The molecule has 2 aliphatic heterocycles. The number of nitrogens with one attached hydrogen (secondary N) is 1. The summed E-state index contributed by atoms with van der Waals surface area (Å²) in [5.41, 5.74) is 1.59. The third kappa shape index (κ3) is 1.84. The first-order chi connectivity index (χ1) is 11.1. The van der Waals surface area contributed by atoms with Gasteiger partial charge in [0.1, 0.15) is 23.7 Å². The van der Waals surface area contributed by atoms with Crippen LogP contribution in [0.1, 0.15) is 11.6 Å². The molecule has 0 saturated carbocycles. The quantitative estimate of drug-likeness (QED) is 0.737. The fraction of sp³-hybridized carbons (Fsp3) is 0.154. The number of hydrogen-bond acceptors (Lipinski definition) is 7. The van der Waals surface area contributed by atoms with E-state index in [-0.39, 0.29) is 17.9 Å². The zero-order chi connectivity index (χ0) is 16.1. The van der Waals surface area contributed by atoms with E-state index in [0.717, 1.165) is 0 Å². The normalized spacial score (nSPS) is 20.5. The van der Waals surface area contributed by atoms with Crippen LogP contribution in [0, 0.1) is 0 Å². The Morgan fingerprint density at radius 3 is 2.87 bits per heavy atom. The van der Waals surface area contributed by atoms with E-state index in [1.54, 1.807) is 12.1 Å².